The van der Waals surface area contributed by atoms with E-state index in [-0.39, 0.29) is 36.4 Å². The summed E-state index contributed by atoms with van der Waals surface area (Å²) < 4.78 is 2.00. The molecule has 2 aliphatic rings. The number of pyridine rings is 2. The van der Waals surface area contributed by atoms with Crippen molar-refractivity contribution in [2.24, 2.45) is 5.41 Å². The molecule has 1 aliphatic heterocycles. The van der Waals surface area contributed by atoms with Crippen LogP contribution in [0.15, 0.2) is 41.4 Å². The summed E-state index contributed by atoms with van der Waals surface area (Å²) in [6.45, 7) is 4.38. The van der Waals surface area contributed by atoms with Crippen LogP contribution in [0.3, 0.4) is 0 Å². The molecule has 44 heavy (non-hydrogen) atoms. The highest BCUT2D eigenvalue weighted by Gasteiger charge is 2.67. The number of piperidine rings is 1. The van der Waals surface area contributed by atoms with Gasteiger partial charge >= 0.3 is 0 Å². The third-order valence-electron chi connectivity index (χ3n) is 8.50. The Kier molecular flexibility index (Phi) is 7.76. The van der Waals surface area contributed by atoms with Gasteiger partial charge < -0.3 is 20.4 Å². The second kappa shape index (κ2) is 11.4. The second-order valence-corrected chi connectivity index (χ2v) is 12.4. The zero-order valence-corrected chi connectivity index (χ0v) is 25.9. The average Bonchev–Trinajstić information content (AvgIpc) is 3.39. The minimum Gasteiger partial charge on any atom is -0.394 e. The molecule has 1 saturated heterocycles. The van der Waals surface area contributed by atoms with Crippen LogP contribution in [0.25, 0.3) is 22.2 Å². The first-order valence-electron chi connectivity index (χ1n) is 14.2. The number of aliphatic hydroxyl groups is 2. The quantitative estimate of drug-likeness (QED) is 0.178. The summed E-state index contributed by atoms with van der Waals surface area (Å²) in [5.74, 6) is -0.0196. The minimum absolute atomic E-state index is 0.197. The minimum atomic E-state index is -0.958. The zero-order chi connectivity index (χ0) is 31.3. The van der Waals surface area contributed by atoms with Crippen LogP contribution in [-0.4, -0.2) is 87.2 Å². The predicted octanol–water partition coefficient (Wildman–Crippen LogP) is 2.61. The van der Waals surface area contributed by atoms with Crippen molar-refractivity contribution in [3.63, 3.8) is 0 Å². The predicted molar refractivity (Wildman–Crippen MR) is 162 cm³/mol. The van der Waals surface area contributed by atoms with E-state index >= 15 is 0 Å². The molecule has 1 unspecified atom stereocenters. The maximum atomic E-state index is 14.0. The smallest absolute Gasteiger partial charge is 0.248 e. The van der Waals surface area contributed by atoms with Crippen LogP contribution in [0.1, 0.15) is 48.1 Å². The number of aliphatic hydroxyl groups excluding tert-OH is 2. The van der Waals surface area contributed by atoms with E-state index < -0.39 is 30.1 Å². The molecule has 0 aromatic carbocycles. The molecule has 0 radical (unpaired) electrons. The number of likely N-dealkylation sites (tertiary alicyclic amines) is 1. The number of nitrogens with zero attached hydrogens (tertiary/aromatic N) is 7. The lowest BCUT2D eigenvalue weighted by atomic mass is 9.92. The summed E-state index contributed by atoms with van der Waals surface area (Å²) in [6.07, 6.45) is 5.11. The van der Waals surface area contributed by atoms with Crippen LogP contribution in [0.5, 0.6) is 0 Å². The Morgan fingerprint density at radius 2 is 1.89 bits per heavy atom. The van der Waals surface area contributed by atoms with Gasteiger partial charge in [0.15, 0.2) is 5.78 Å². The molecule has 3 N–H and O–H groups in total. The number of carbonyl (C=O) groups is 3. The number of Topliss-reactive ketones (excluding diaryl/α,β-unsaturated/α-hetero) is 1. The lowest BCUT2D eigenvalue weighted by Crippen LogP contribution is -2.47. The van der Waals surface area contributed by atoms with Crippen molar-refractivity contribution in [1.29, 1.82) is 0 Å². The third-order valence-corrected chi connectivity index (χ3v) is 8.94. The van der Waals surface area contributed by atoms with Gasteiger partial charge in [-0.15, -0.1) is 0 Å². The second-order valence-electron chi connectivity index (χ2n) is 11.6. The Bertz CT molecular complexity index is 1790. The zero-order valence-electron chi connectivity index (χ0n) is 24.4. The van der Waals surface area contributed by atoms with Crippen LogP contribution < -0.4 is 5.32 Å². The van der Waals surface area contributed by atoms with Crippen LogP contribution in [0, 0.1) is 19.3 Å². The van der Waals surface area contributed by atoms with Gasteiger partial charge in [-0.2, -0.15) is 5.10 Å². The van der Waals surface area contributed by atoms with E-state index in [0.29, 0.717) is 51.2 Å². The Balaban J connectivity index is 1.31. The molecule has 0 spiro atoms. The number of amides is 2. The fraction of sp³-hybridized carbons (Fsp3) is 0.400. The van der Waals surface area contributed by atoms with Crippen LogP contribution >= 0.6 is 15.9 Å². The summed E-state index contributed by atoms with van der Waals surface area (Å²) in [7, 11) is 0. The molecular formula is C30H31BrN8O5. The van der Waals surface area contributed by atoms with Crippen molar-refractivity contribution in [3.8, 4) is 11.3 Å². The summed E-state index contributed by atoms with van der Waals surface area (Å²) in [6, 6.07) is 4.21. The molecule has 0 bridgehead atoms. The van der Waals surface area contributed by atoms with Crippen LogP contribution in [0.2, 0.25) is 0 Å². The van der Waals surface area contributed by atoms with Crippen molar-refractivity contribution in [2.75, 3.05) is 11.9 Å². The normalized spacial score (nSPS) is 21.3. The molecule has 4 aromatic heterocycles. The van der Waals surface area contributed by atoms with E-state index in [1.165, 1.54) is 11.6 Å². The summed E-state index contributed by atoms with van der Waals surface area (Å²) in [5.41, 5.74) is 2.20. The van der Waals surface area contributed by atoms with Gasteiger partial charge in [-0.3, -0.25) is 24.0 Å². The maximum Gasteiger partial charge on any atom is 0.248 e. The molecule has 1 aliphatic carbocycles. The molecule has 4 aromatic rings. The highest BCUT2D eigenvalue weighted by atomic mass is 79.9. The molecule has 4 atom stereocenters. The van der Waals surface area contributed by atoms with Gasteiger partial charge in [-0.25, -0.2) is 15.0 Å². The third kappa shape index (κ3) is 5.48. The molecule has 14 heteroatoms. The number of nitrogens with one attached hydrogen (secondary N) is 1. The summed E-state index contributed by atoms with van der Waals surface area (Å²) >= 11 is 3.33. The Morgan fingerprint density at radius 1 is 1.14 bits per heavy atom. The van der Waals surface area contributed by atoms with E-state index in [2.05, 4.69) is 46.3 Å². The van der Waals surface area contributed by atoms with Gasteiger partial charge in [0.1, 0.15) is 34.5 Å². The maximum absolute atomic E-state index is 14.0. The number of aryl methyl sites for hydroxylation is 2. The molecule has 2 fully saturated rings. The molecule has 2 amide bonds. The van der Waals surface area contributed by atoms with Gasteiger partial charge in [-0.05, 0) is 72.2 Å². The first kappa shape index (κ1) is 29.9. The number of hydrogen-bond acceptors (Lipinski definition) is 10. The lowest BCUT2D eigenvalue weighted by Gasteiger charge is -2.27. The van der Waals surface area contributed by atoms with Gasteiger partial charge in [0.05, 0.1) is 30.1 Å². The van der Waals surface area contributed by atoms with E-state index in [1.54, 1.807) is 42.5 Å². The molecule has 228 valence electrons. The van der Waals surface area contributed by atoms with Crippen molar-refractivity contribution in [2.45, 2.75) is 64.8 Å². The summed E-state index contributed by atoms with van der Waals surface area (Å²) in [4.78, 5) is 59.1. The number of carbonyl (C=O) groups excluding carboxylic acids is 3. The van der Waals surface area contributed by atoms with Crippen molar-refractivity contribution < 1.29 is 24.6 Å². The molecule has 13 nitrogen and oxygen atoms in total. The average molecular weight is 664 g/mol. The molecular weight excluding hydrogens is 632 g/mol. The topological polar surface area (TPSA) is 176 Å². The largest absolute Gasteiger partial charge is 0.394 e. The first-order chi connectivity index (χ1) is 21.0. The molecule has 1 saturated carbocycles. The highest BCUT2D eigenvalue weighted by molar-refractivity contribution is 9.10. The Morgan fingerprint density at radius 3 is 2.59 bits per heavy atom. The number of rotatable bonds is 9. The van der Waals surface area contributed by atoms with E-state index in [9.17, 15) is 24.6 Å². The Labute approximate surface area is 260 Å². The van der Waals surface area contributed by atoms with E-state index in [4.69, 9.17) is 0 Å². The summed E-state index contributed by atoms with van der Waals surface area (Å²) in [5, 5.41) is 27.7. The fourth-order valence-electron chi connectivity index (χ4n) is 6.22. The van der Waals surface area contributed by atoms with Crippen molar-refractivity contribution >= 4 is 50.2 Å². The monoisotopic (exact) mass is 662 g/mol. The number of aromatic nitrogens is 6. The number of fused-ring (bicyclic) bond motifs is 2. The number of anilines is 1. The first-order valence-corrected chi connectivity index (χ1v) is 15.0. The number of ketones is 1. The van der Waals surface area contributed by atoms with Crippen molar-refractivity contribution in [1.82, 2.24) is 34.6 Å². The molecule has 5 heterocycles. The Hall–Kier alpha value is -4.14. The van der Waals surface area contributed by atoms with Crippen molar-refractivity contribution in [3.05, 3.63) is 58.5 Å². The van der Waals surface area contributed by atoms with Gasteiger partial charge in [-0.1, -0.05) is 6.07 Å². The van der Waals surface area contributed by atoms with E-state index in [0.717, 1.165) is 5.56 Å². The van der Waals surface area contributed by atoms with Crippen LogP contribution in [-0.2, 0) is 16.1 Å². The van der Waals surface area contributed by atoms with Gasteiger partial charge in [0, 0.05) is 36.3 Å². The number of halogens is 1. The fourth-order valence-corrected chi connectivity index (χ4v) is 6.53. The molecule has 6 rings (SSSR count). The number of hydrogen-bond donors (Lipinski definition) is 3. The van der Waals surface area contributed by atoms with Crippen LogP contribution in [0.4, 0.5) is 5.82 Å². The standard InChI is InChI=1S/C30H31BrN8O5/c1-15-4-5-25(31)35-28(15)36-29(44)22-8-30(7-19(42)14-40)9-24(30)39(22)26(43)13-38-23-12-34-21(18-10-32-17(3)33-11-18)6-20(23)27(37-38)16(2)41/h4-6,10-12,19,22,24,40,42H,7-9,13-14H2,1-3H3,(H,35,36,44)/t19?,22-,24+,30-/m0/s1. The van der Waals surface area contributed by atoms with Gasteiger partial charge in [0.2, 0.25) is 11.8 Å². The van der Waals surface area contributed by atoms with E-state index in [1.807, 2.05) is 13.0 Å². The SMILES string of the molecule is CC(=O)c1nn(CC(=O)N2[C@H](C(=O)Nc3nc(Br)ccc3C)C[C@@]3(CC(O)CO)C[C@@H]23)c2cnc(-c3cnc(C)nc3)cc12. The highest BCUT2D eigenvalue weighted by Crippen LogP contribution is 2.62. The lowest BCUT2D eigenvalue weighted by molar-refractivity contribution is -0.138. The van der Waals surface area contributed by atoms with Gasteiger partial charge in [0.25, 0.3) is 0 Å².